The smallest absolute Gasteiger partial charge is 0.106 e. The third kappa shape index (κ3) is 89.0. The van der Waals surface area contributed by atoms with Crippen molar-refractivity contribution in [3.8, 4) is 0 Å². The maximum atomic E-state index is 8.00. The highest BCUT2D eigenvalue weighted by Crippen LogP contribution is 0.711. The van der Waals surface area contributed by atoms with Crippen LogP contribution in [-0.2, 0) is 9.59 Å². The summed E-state index contributed by atoms with van der Waals surface area (Å²) in [4.78, 5) is 16.0. The number of hydrogen-bond donors (Lipinski definition) is 2. The average Bonchev–Trinajstić information content (AvgIpc) is 1.81. The lowest BCUT2D eigenvalue weighted by Crippen LogP contribution is -1.29. The summed E-state index contributed by atoms with van der Waals surface area (Å²) < 4.78 is 0. The summed E-state index contributed by atoms with van der Waals surface area (Å²) in [5.41, 5.74) is 0. The van der Waals surface area contributed by atoms with Gasteiger partial charge in [-0.1, -0.05) is 0 Å². The molecule has 46 valence electrons. The summed E-state index contributed by atoms with van der Waals surface area (Å²) in [7, 11) is 0. The summed E-state index contributed by atoms with van der Waals surface area (Å²) in [6.45, 7) is 4.00. The predicted molar refractivity (Wildman–Crippen MR) is 23.1 cm³/mol. The molecule has 0 aliphatic rings. The van der Waals surface area contributed by atoms with E-state index in [-0.39, 0.29) is 5.48 Å². The van der Waals surface area contributed by atoms with E-state index in [1.807, 2.05) is 13.6 Å². The van der Waals surface area contributed by atoms with Crippen molar-refractivity contribution < 1.29 is 25.6 Å². The minimum Gasteiger partial charge on any atom is -0.412 e. The Morgan fingerprint density at radius 1 is 0.857 bits per heavy atom. The van der Waals surface area contributed by atoms with Gasteiger partial charge in [0.1, 0.15) is 13.6 Å². The summed E-state index contributed by atoms with van der Waals surface area (Å²) >= 11 is 0. The van der Waals surface area contributed by atoms with Gasteiger partial charge in [-0.3, -0.25) is 10.5 Å². The van der Waals surface area contributed by atoms with Crippen LogP contribution in [0.3, 0.4) is 0 Å². The monoisotopic (exact) mass is 112 g/mol. The van der Waals surface area contributed by atoms with Crippen LogP contribution in [0.2, 0.25) is 0 Å². The van der Waals surface area contributed by atoms with Gasteiger partial charge in [-0.05, 0) is 0 Å². The van der Waals surface area contributed by atoms with Gasteiger partial charge in [-0.2, -0.15) is 0 Å². The van der Waals surface area contributed by atoms with Gasteiger partial charge in [0, 0.05) is 0 Å². The van der Waals surface area contributed by atoms with E-state index in [0.717, 1.165) is 0 Å². The molecule has 0 aromatic rings. The van der Waals surface area contributed by atoms with Crippen LogP contribution in [-0.4, -0.2) is 29.6 Å². The predicted octanol–water partition coefficient (Wildman–Crippen LogP) is -1.18. The fraction of sp³-hybridized carbons (Fsp3) is 0. The lowest BCUT2D eigenvalue weighted by Gasteiger charge is -1.25. The van der Waals surface area contributed by atoms with E-state index in [9.17, 15) is 0 Å². The Labute approximate surface area is 40.4 Å². The quantitative estimate of drug-likeness (QED) is 0.304. The molecular weight excluding hydrogens is 104 g/mol. The molecular formula is C2H8O5. The normalized spacial score (nSPS) is 2.00. The highest BCUT2D eigenvalue weighted by molar-refractivity contribution is 5.11. The second-order valence-corrected chi connectivity index (χ2v) is 0. The van der Waals surface area contributed by atoms with E-state index in [1.54, 1.807) is 0 Å². The van der Waals surface area contributed by atoms with Crippen molar-refractivity contribution in [3.63, 3.8) is 0 Å². The summed E-state index contributed by atoms with van der Waals surface area (Å²) in [6.07, 6.45) is 0. The molecule has 4 N–H and O–H groups in total. The van der Waals surface area contributed by atoms with E-state index < -0.39 is 0 Å². The molecule has 0 spiro atoms. The van der Waals surface area contributed by atoms with E-state index >= 15 is 0 Å². The Bertz CT molecular complexity index is 8.04. The average molecular weight is 112 g/mol. The molecule has 0 rings (SSSR count). The van der Waals surface area contributed by atoms with Gasteiger partial charge in [0.2, 0.25) is 0 Å². The maximum Gasteiger partial charge on any atom is 0.106 e. The van der Waals surface area contributed by atoms with Gasteiger partial charge in [-0.15, -0.1) is 0 Å². The molecule has 0 radical (unpaired) electrons. The van der Waals surface area contributed by atoms with Crippen molar-refractivity contribution in [2.45, 2.75) is 0 Å². The van der Waals surface area contributed by atoms with Gasteiger partial charge < -0.3 is 15.1 Å². The number of rotatable bonds is 0. The van der Waals surface area contributed by atoms with Gasteiger partial charge in [0.25, 0.3) is 0 Å². The largest absolute Gasteiger partial charge is 0.412 e. The molecule has 0 bridgehead atoms. The zero-order valence-electron chi connectivity index (χ0n) is 3.63. The van der Waals surface area contributed by atoms with Crippen LogP contribution in [0, 0.1) is 0 Å². The molecule has 0 atom stereocenters. The molecule has 0 unspecified atom stereocenters. The van der Waals surface area contributed by atoms with Gasteiger partial charge >= 0.3 is 0 Å². The van der Waals surface area contributed by atoms with Crippen LogP contribution in [0.1, 0.15) is 0 Å². The highest BCUT2D eigenvalue weighted by atomic mass is 17.0. The third-order valence-electron chi connectivity index (χ3n) is 0. The highest BCUT2D eigenvalue weighted by Gasteiger charge is 0.746. The van der Waals surface area contributed by atoms with Crippen LogP contribution in [0.15, 0.2) is 0 Å². The lowest BCUT2D eigenvalue weighted by atomic mass is 11.9. The standard InChI is InChI=1S/2CH2O.H2O2.H2O/c3*1-2;/h2*1H2;1-2H;1H2. The molecule has 0 amide bonds. The van der Waals surface area contributed by atoms with Gasteiger partial charge in [0.15, 0.2) is 0 Å². The van der Waals surface area contributed by atoms with Crippen molar-refractivity contribution in [2.75, 3.05) is 0 Å². The molecule has 5 nitrogen and oxygen atoms in total. The molecule has 0 aromatic carbocycles. The van der Waals surface area contributed by atoms with Gasteiger partial charge in [0.05, 0.1) is 0 Å². The second kappa shape index (κ2) is 153. The molecule has 5 heteroatoms. The van der Waals surface area contributed by atoms with Crippen molar-refractivity contribution >= 4 is 13.6 Å². The number of carbonyl (C=O) groups is 2. The third-order valence-corrected chi connectivity index (χ3v) is 0. The molecule has 7 heavy (non-hydrogen) atoms. The molecule has 0 aliphatic heterocycles. The molecule has 0 aromatic heterocycles. The Kier molecular flexibility index (Phi) is 751. The first kappa shape index (κ1) is 34.4. The van der Waals surface area contributed by atoms with Crippen molar-refractivity contribution in [3.05, 3.63) is 0 Å². The van der Waals surface area contributed by atoms with Gasteiger partial charge in [-0.25, -0.2) is 0 Å². The van der Waals surface area contributed by atoms with E-state index in [0.29, 0.717) is 0 Å². The van der Waals surface area contributed by atoms with Crippen molar-refractivity contribution in [2.24, 2.45) is 0 Å². The first-order valence-corrected chi connectivity index (χ1v) is 0.777. The minimum absolute atomic E-state index is 0. The number of carbonyl (C=O) groups excluding carboxylic acids is 2. The Hall–Kier alpha value is -0.780. The fourth-order valence-corrected chi connectivity index (χ4v) is 0. The lowest BCUT2D eigenvalue weighted by molar-refractivity contribution is -0.176. The van der Waals surface area contributed by atoms with E-state index in [1.165, 1.54) is 0 Å². The molecule has 0 fully saturated rings. The zero-order chi connectivity index (χ0) is 6.00. The number of hydrogen-bond acceptors (Lipinski definition) is 4. The summed E-state index contributed by atoms with van der Waals surface area (Å²) in [5, 5.41) is 12.0. The minimum atomic E-state index is 0. The van der Waals surface area contributed by atoms with Crippen molar-refractivity contribution in [1.29, 1.82) is 0 Å². The van der Waals surface area contributed by atoms with Crippen molar-refractivity contribution in [1.82, 2.24) is 0 Å². The SMILES string of the molecule is C=O.C=O.O.OO. The van der Waals surface area contributed by atoms with Crippen LogP contribution in [0.25, 0.3) is 0 Å². The maximum absolute atomic E-state index is 8.00. The first-order chi connectivity index (χ1) is 3.00. The molecule has 0 heterocycles. The zero-order valence-corrected chi connectivity index (χ0v) is 3.63. The molecule has 0 saturated carbocycles. The van der Waals surface area contributed by atoms with Crippen LogP contribution in [0.4, 0.5) is 0 Å². The Morgan fingerprint density at radius 3 is 0.857 bits per heavy atom. The second-order valence-electron chi connectivity index (χ2n) is 0. The summed E-state index contributed by atoms with van der Waals surface area (Å²) in [6, 6.07) is 0. The Balaban J connectivity index is -0.00000000900. The molecule has 0 aliphatic carbocycles. The van der Waals surface area contributed by atoms with Crippen LogP contribution >= 0.6 is 0 Å². The van der Waals surface area contributed by atoms with Crippen LogP contribution < -0.4 is 0 Å². The Morgan fingerprint density at radius 2 is 0.857 bits per heavy atom. The topological polar surface area (TPSA) is 106 Å². The van der Waals surface area contributed by atoms with Crippen LogP contribution in [0.5, 0.6) is 0 Å². The van der Waals surface area contributed by atoms with E-state index in [2.05, 4.69) is 0 Å². The molecule has 0 saturated heterocycles. The first-order valence-electron chi connectivity index (χ1n) is 0.777. The summed E-state index contributed by atoms with van der Waals surface area (Å²) in [5.74, 6) is 0. The fourth-order valence-electron chi connectivity index (χ4n) is 0. The van der Waals surface area contributed by atoms with E-state index in [4.69, 9.17) is 20.1 Å².